The first kappa shape index (κ1) is 31.2. The molecule has 0 aromatic heterocycles. The van der Waals surface area contributed by atoms with E-state index in [1.54, 1.807) is 0 Å². The Morgan fingerprint density at radius 3 is 1.13 bits per heavy atom. The smallest absolute Gasteiger partial charge is 0.549 e. The van der Waals surface area contributed by atoms with Gasteiger partial charge in [-0.15, -0.1) is 0 Å². The molecule has 0 bridgehead atoms. The van der Waals surface area contributed by atoms with Gasteiger partial charge in [0.2, 0.25) is 0 Å². The van der Waals surface area contributed by atoms with Crippen LogP contribution in [-0.4, -0.2) is 83.2 Å². The predicted octanol–water partition coefficient (Wildman–Crippen LogP) is -10.7. The molecule has 23 heavy (non-hydrogen) atoms. The summed E-state index contributed by atoms with van der Waals surface area (Å²) in [5, 5.41) is 38.0. The topological polar surface area (TPSA) is 161 Å². The first-order valence-corrected chi connectivity index (χ1v) is 5.48. The Labute approximate surface area is 189 Å². The van der Waals surface area contributed by atoms with E-state index in [0.717, 1.165) is 9.80 Å². The average Bonchev–Trinajstić information content (AvgIpc) is 2.22. The van der Waals surface area contributed by atoms with Crippen LogP contribution in [0.2, 0.25) is 0 Å². The zero-order chi connectivity index (χ0) is 15.7. The number of aliphatic carboxylic acids is 4. The summed E-state index contributed by atoms with van der Waals surface area (Å²) in [6, 6.07) is 0. The Bertz CT molecular complexity index is 331. The Morgan fingerprint density at radius 1 is 0.696 bits per heavy atom. The number of nitrogens with zero attached hydrogens (tertiary/aromatic N) is 2. The third kappa shape index (κ3) is 20.4. The second-order valence-electron chi connectivity index (χ2n) is 3.95. The van der Waals surface area contributed by atoms with Crippen LogP contribution in [0.5, 0.6) is 0 Å². The van der Waals surface area contributed by atoms with Crippen molar-refractivity contribution in [3.8, 4) is 0 Å². The second kappa shape index (κ2) is 17.3. The van der Waals surface area contributed by atoms with Gasteiger partial charge in [0, 0.05) is 45.7 Å². The molecule has 0 amide bonds. The van der Waals surface area contributed by atoms with E-state index in [2.05, 4.69) is 0 Å². The maximum atomic E-state index is 10.5. The molecule has 0 aliphatic heterocycles. The van der Waals surface area contributed by atoms with E-state index in [4.69, 9.17) is 10.2 Å². The number of carbonyl (C=O) groups is 4. The average molecular weight is 402 g/mol. The van der Waals surface area contributed by atoms with E-state index in [-0.39, 0.29) is 91.7 Å². The summed E-state index contributed by atoms with van der Waals surface area (Å²) < 4.78 is 0. The first-order chi connectivity index (χ1) is 9.20. The molecule has 0 aromatic carbocycles. The van der Waals surface area contributed by atoms with Crippen LogP contribution >= 0.6 is 0 Å². The minimum absolute atomic E-state index is 0. The van der Waals surface area contributed by atoms with Gasteiger partial charge in [-0.2, -0.15) is 0 Å². The Balaban J connectivity index is -0.000000602. The van der Waals surface area contributed by atoms with Gasteiger partial charge < -0.3 is 30.0 Å². The SMILES string of the molecule is O=C([O-])CN(CCN(CC(=O)[O-])CC(=O)O)CC(=O)O.[Na+].[Na+].[Zn]. The van der Waals surface area contributed by atoms with Crippen LogP contribution in [0.25, 0.3) is 0 Å². The number of hydrogen-bond donors (Lipinski definition) is 2. The zero-order valence-electron chi connectivity index (χ0n) is 13.2. The number of carboxylic acid groups (broad SMARTS) is 4. The maximum absolute atomic E-state index is 10.5. The molecule has 0 aliphatic rings. The van der Waals surface area contributed by atoms with Gasteiger partial charge in [-0.05, 0) is 0 Å². The van der Waals surface area contributed by atoms with E-state index >= 15 is 0 Å². The minimum Gasteiger partial charge on any atom is -0.549 e. The van der Waals surface area contributed by atoms with Crippen molar-refractivity contribution in [2.24, 2.45) is 0 Å². The van der Waals surface area contributed by atoms with Crippen molar-refractivity contribution < 1.29 is 118 Å². The summed E-state index contributed by atoms with van der Waals surface area (Å²) in [5.74, 6) is -5.52. The molecule has 10 nitrogen and oxygen atoms in total. The second-order valence-corrected chi connectivity index (χ2v) is 3.95. The minimum atomic E-state index is -1.49. The molecule has 0 aliphatic carbocycles. The number of carbonyl (C=O) groups excluding carboxylic acids is 2. The predicted molar refractivity (Wildman–Crippen MR) is 58.2 cm³/mol. The van der Waals surface area contributed by atoms with E-state index in [1.807, 2.05) is 0 Å². The van der Waals surface area contributed by atoms with Gasteiger partial charge in [-0.25, -0.2) is 0 Å². The van der Waals surface area contributed by atoms with E-state index < -0.39 is 50.1 Å². The van der Waals surface area contributed by atoms with Crippen LogP contribution in [-0.2, 0) is 38.7 Å². The third-order valence-corrected chi connectivity index (χ3v) is 2.16. The molecule has 13 heteroatoms. The molecular formula is C10H14N2Na2O8Zn. The van der Waals surface area contributed by atoms with E-state index in [0.29, 0.717) is 0 Å². The van der Waals surface area contributed by atoms with Gasteiger partial charge in [-0.1, -0.05) is 0 Å². The summed E-state index contributed by atoms with van der Waals surface area (Å²) in [6.07, 6.45) is 0. The van der Waals surface area contributed by atoms with Crippen LogP contribution in [0.15, 0.2) is 0 Å². The fraction of sp³-hybridized carbons (Fsp3) is 0.600. The fourth-order valence-corrected chi connectivity index (χ4v) is 1.46. The molecule has 0 saturated heterocycles. The van der Waals surface area contributed by atoms with Gasteiger partial charge in [0.1, 0.15) is 0 Å². The van der Waals surface area contributed by atoms with Crippen molar-refractivity contribution >= 4 is 23.9 Å². The van der Waals surface area contributed by atoms with Crippen molar-refractivity contribution in [2.75, 3.05) is 39.3 Å². The summed E-state index contributed by atoms with van der Waals surface area (Å²) in [4.78, 5) is 43.9. The van der Waals surface area contributed by atoms with Crippen LogP contribution in [0.4, 0.5) is 0 Å². The molecule has 0 radical (unpaired) electrons. The summed E-state index contributed by atoms with van der Waals surface area (Å²) >= 11 is 0. The third-order valence-electron chi connectivity index (χ3n) is 2.16. The number of carboxylic acids is 4. The van der Waals surface area contributed by atoms with Crippen molar-refractivity contribution in [3.63, 3.8) is 0 Å². The number of hydrogen-bond acceptors (Lipinski definition) is 8. The van der Waals surface area contributed by atoms with Gasteiger partial charge in [0.25, 0.3) is 0 Å². The molecule has 0 spiro atoms. The Hall–Kier alpha value is 0.423. The van der Waals surface area contributed by atoms with Crippen molar-refractivity contribution in [1.82, 2.24) is 9.80 Å². The molecule has 0 fully saturated rings. The molecule has 0 aromatic rings. The summed E-state index contributed by atoms with van der Waals surface area (Å²) in [6.45, 7) is -2.75. The normalized spacial score (nSPS) is 9.30. The molecule has 0 rings (SSSR count). The van der Waals surface area contributed by atoms with E-state index in [1.165, 1.54) is 0 Å². The van der Waals surface area contributed by atoms with E-state index in [9.17, 15) is 29.4 Å². The van der Waals surface area contributed by atoms with Crippen LogP contribution in [0.3, 0.4) is 0 Å². The number of rotatable bonds is 11. The Morgan fingerprint density at radius 2 is 0.957 bits per heavy atom. The standard InChI is InChI=1S/C10H16N2O8.2Na.Zn/c13-7(14)3-11(4-8(15)16)1-2-12(5-9(17)18)6-10(19)20;;;/h1-6H2,(H,13,14)(H,15,16)(H,17,18)(H,19,20);;;/q;2*+1;/p-2. The van der Waals surface area contributed by atoms with Crippen molar-refractivity contribution in [3.05, 3.63) is 0 Å². The van der Waals surface area contributed by atoms with Gasteiger partial charge in [0.15, 0.2) is 0 Å². The summed E-state index contributed by atoms with van der Waals surface area (Å²) in [5.41, 5.74) is 0. The van der Waals surface area contributed by atoms with Gasteiger partial charge in [0.05, 0.1) is 25.0 Å². The molecule has 0 saturated carbocycles. The fourth-order valence-electron chi connectivity index (χ4n) is 1.46. The van der Waals surface area contributed by atoms with Crippen molar-refractivity contribution in [2.45, 2.75) is 0 Å². The first-order valence-electron chi connectivity index (χ1n) is 5.48. The molecule has 116 valence electrons. The molecule has 0 atom stereocenters. The maximum Gasteiger partial charge on any atom is 1.00 e. The van der Waals surface area contributed by atoms with Crippen LogP contribution in [0, 0.1) is 0 Å². The van der Waals surface area contributed by atoms with Crippen molar-refractivity contribution in [1.29, 1.82) is 0 Å². The van der Waals surface area contributed by atoms with Crippen LogP contribution < -0.4 is 69.3 Å². The molecule has 0 heterocycles. The quantitative estimate of drug-likeness (QED) is 0.318. The van der Waals surface area contributed by atoms with Gasteiger partial charge in [-0.3, -0.25) is 19.4 Å². The largest absolute Gasteiger partial charge is 1.00 e. The summed E-state index contributed by atoms with van der Waals surface area (Å²) in [7, 11) is 0. The zero-order valence-corrected chi connectivity index (χ0v) is 20.2. The van der Waals surface area contributed by atoms with Gasteiger partial charge >= 0.3 is 71.1 Å². The van der Waals surface area contributed by atoms with Crippen LogP contribution in [0.1, 0.15) is 0 Å². The molecular weight excluding hydrogens is 387 g/mol. The monoisotopic (exact) mass is 400 g/mol. The Kier molecular flexibility index (Phi) is 23.4. The molecule has 2 N–H and O–H groups in total. The molecule has 0 unspecified atom stereocenters.